The summed E-state index contributed by atoms with van der Waals surface area (Å²) in [4.78, 5) is 28.2. The van der Waals surface area contributed by atoms with Gasteiger partial charge in [-0.1, -0.05) is 30.3 Å². The lowest BCUT2D eigenvalue weighted by molar-refractivity contribution is -0.127. The van der Waals surface area contributed by atoms with Crippen LogP contribution in [0.15, 0.2) is 63.8 Å². The zero-order valence-electron chi connectivity index (χ0n) is 16.1. The van der Waals surface area contributed by atoms with Crippen molar-refractivity contribution < 1.29 is 18.4 Å². The SMILES string of the molecule is CC(C)(C)NC(=O)C1c2ccoc2-c2ccoc2C(=O)N1Cc1ccccc1. The minimum absolute atomic E-state index is 0.179. The van der Waals surface area contributed by atoms with Gasteiger partial charge >= 0.3 is 0 Å². The quantitative estimate of drug-likeness (QED) is 0.743. The molecule has 2 amide bonds. The molecule has 1 atom stereocenters. The van der Waals surface area contributed by atoms with Gasteiger partial charge in [0.05, 0.1) is 18.1 Å². The number of nitrogens with one attached hydrogen (secondary N) is 1. The zero-order valence-corrected chi connectivity index (χ0v) is 16.1. The van der Waals surface area contributed by atoms with Crippen molar-refractivity contribution in [2.24, 2.45) is 0 Å². The second kappa shape index (κ2) is 6.71. The highest BCUT2D eigenvalue weighted by atomic mass is 16.4. The fourth-order valence-electron chi connectivity index (χ4n) is 3.49. The molecule has 0 radical (unpaired) electrons. The van der Waals surface area contributed by atoms with Crippen LogP contribution in [0.3, 0.4) is 0 Å². The van der Waals surface area contributed by atoms with Crippen LogP contribution in [0, 0.1) is 0 Å². The topological polar surface area (TPSA) is 75.7 Å². The highest BCUT2D eigenvalue weighted by Gasteiger charge is 2.41. The molecule has 1 aliphatic heterocycles. The van der Waals surface area contributed by atoms with Gasteiger partial charge in [0.1, 0.15) is 11.8 Å². The molecule has 0 fully saturated rings. The summed E-state index contributed by atoms with van der Waals surface area (Å²) < 4.78 is 11.1. The summed E-state index contributed by atoms with van der Waals surface area (Å²) in [6.07, 6.45) is 3.00. The predicted octanol–water partition coefficient (Wildman–Crippen LogP) is 4.15. The minimum atomic E-state index is -0.830. The summed E-state index contributed by atoms with van der Waals surface area (Å²) in [7, 11) is 0. The van der Waals surface area contributed by atoms with Crippen molar-refractivity contribution in [2.45, 2.75) is 38.9 Å². The Morgan fingerprint density at radius 3 is 2.43 bits per heavy atom. The smallest absolute Gasteiger partial charge is 0.291 e. The molecule has 0 bridgehead atoms. The molecule has 144 valence electrons. The summed E-state index contributed by atoms with van der Waals surface area (Å²) in [5.41, 5.74) is 1.69. The fourth-order valence-corrected chi connectivity index (χ4v) is 3.49. The van der Waals surface area contributed by atoms with Crippen LogP contribution in [0.1, 0.15) is 48.5 Å². The van der Waals surface area contributed by atoms with E-state index in [2.05, 4.69) is 5.32 Å². The van der Waals surface area contributed by atoms with Crippen LogP contribution in [0.4, 0.5) is 0 Å². The van der Waals surface area contributed by atoms with E-state index in [-0.39, 0.29) is 24.1 Å². The summed E-state index contributed by atoms with van der Waals surface area (Å²) in [5.74, 6) is 0.0637. The normalized spacial score (nSPS) is 16.3. The first kappa shape index (κ1) is 18.1. The van der Waals surface area contributed by atoms with Crippen molar-refractivity contribution in [3.8, 4) is 11.3 Å². The zero-order chi connectivity index (χ0) is 19.9. The van der Waals surface area contributed by atoms with Gasteiger partial charge in [-0.2, -0.15) is 0 Å². The number of amides is 2. The van der Waals surface area contributed by atoms with E-state index in [1.54, 1.807) is 17.0 Å². The molecule has 0 aliphatic carbocycles. The van der Waals surface area contributed by atoms with Crippen LogP contribution in [0.2, 0.25) is 0 Å². The second-order valence-corrected chi connectivity index (χ2v) is 7.93. The third-order valence-electron chi connectivity index (χ3n) is 4.61. The van der Waals surface area contributed by atoms with E-state index in [4.69, 9.17) is 8.83 Å². The molecular weight excluding hydrogens is 356 g/mol. The molecule has 3 heterocycles. The Kier molecular flexibility index (Phi) is 4.34. The highest BCUT2D eigenvalue weighted by Crippen LogP contribution is 2.40. The van der Waals surface area contributed by atoms with Crippen LogP contribution in [0.25, 0.3) is 11.3 Å². The number of benzene rings is 1. The minimum Gasteiger partial charge on any atom is -0.464 e. The van der Waals surface area contributed by atoms with E-state index in [0.717, 1.165) is 5.56 Å². The van der Waals surface area contributed by atoms with Crippen LogP contribution < -0.4 is 5.32 Å². The van der Waals surface area contributed by atoms with Crippen LogP contribution in [-0.4, -0.2) is 22.3 Å². The molecule has 1 unspecified atom stereocenters. The van der Waals surface area contributed by atoms with Gasteiger partial charge in [-0.25, -0.2) is 0 Å². The first-order valence-corrected chi connectivity index (χ1v) is 9.17. The lowest BCUT2D eigenvalue weighted by Crippen LogP contribution is -2.48. The number of carbonyl (C=O) groups excluding carboxylic acids is 2. The Hall–Kier alpha value is -3.28. The van der Waals surface area contributed by atoms with E-state index >= 15 is 0 Å². The number of hydrogen-bond acceptors (Lipinski definition) is 4. The molecule has 3 aromatic rings. The predicted molar refractivity (Wildman–Crippen MR) is 103 cm³/mol. The fraction of sp³-hybridized carbons (Fsp3) is 0.273. The molecule has 1 N–H and O–H groups in total. The monoisotopic (exact) mass is 378 g/mol. The average molecular weight is 378 g/mol. The summed E-state index contributed by atoms with van der Waals surface area (Å²) in [5, 5.41) is 3.00. The maximum atomic E-state index is 13.4. The van der Waals surface area contributed by atoms with Crippen molar-refractivity contribution in [3.05, 3.63) is 71.9 Å². The molecule has 6 heteroatoms. The first-order valence-electron chi connectivity index (χ1n) is 9.17. The molecule has 2 aromatic heterocycles. The summed E-state index contributed by atoms with van der Waals surface area (Å²) in [6.45, 7) is 5.99. The second-order valence-electron chi connectivity index (χ2n) is 7.93. The van der Waals surface area contributed by atoms with Gasteiger partial charge in [0.15, 0.2) is 0 Å². The maximum Gasteiger partial charge on any atom is 0.291 e. The summed E-state index contributed by atoms with van der Waals surface area (Å²) in [6, 6.07) is 12.2. The Morgan fingerprint density at radius 2 is 1.71 bits per heavy atom. The summed E-state index contributed by atoms with van der Waals surface area (Å²) >= 11 is 0. The molecule has 28 heavy (non-hydrogen) atoms. The number of rotatable bonds is 3. The first-order chi connectivity index (χ1) is 13.3. The van der Waals surface area contributed by atoms with Gasteiger partial charge in [-0.3, -0.25) is 9.59 Å². The molecule has 1 aromatic carbocycles. The molecular formula is C22H22N2O4. The highest BCUT2D eigenvalue weighted by molar-refractivity contribution is 6.03. The van der Waals surface area contributed by atoms with Gasteiger partial charge in [0, 0.05) is 17.6 Å². The van der Waals surface area contributed by atoms with Crippen LogP contribution >= 0.6 is 0 Å². The molecule has 6 nitrogen and oxygen atoms in total. The third-order valence-corrected chi connectivity index (χ3v) is 4.61. The van der Waals surface area contributed by atoms with Crippen molar-refractivity contribution in [1.29, 1.82) is 0 Å². The Labute approximate surface area is 163 Å². The number of furan rings is 2. The lowest BCUT2D eigenvalue weighted by Gasteiger charge is -2.32. The van der Waals surface area contributed by atoms with Crippen LogP contribution in [-0.2, 0) is 11.3 Å². The van der Waals surface area contributed by atoms with Crippen molar-refractivity contribution in [3.63, 3.8) is 0 Å². The molecule has 1 aliphatic rings. The number of nitrogens with zero attached hydrogens (tertiary/aromatic N) is 1. The van der Waals surface area contributed by atoms with Crippen molar-refractivity contribution >= 4 is 11.8 Å². The van der Waals surface area contributed by atoms with Crippen molar-refractivity contribution in [1.82, 2.24) is 10.2 Å². The standard InChI is InChI=1S/C22H22N2O4/c1-22(2,3)23-20(25)17-15-9-11-27-18(15)16-10-12-28-19(16)21(26)24(17)13-14-7-5-4-6-8-14/h4-12,17H,13H2,1-3H3,(H,23,25). The van der Waals surface area contributed by atoms with E-state index in [0.29, 0.717) is 16.9 Å². The van der Waals surface area contributed by atoms with Crippen molar-refractivity contribution in [2.75, 3.05) is 0 Å². The van der Waals surface area contributed by atoms with E-state index in [1.807, 2.05) is 51.1 Å². The van der Waals surface area contributed by atoms with Crippen LogP contribution in [0.5, 0.6) is 0 Å². The Bertz CT molecular complexity index is 1010. The number of hydrogen-bond donors (Lipinski definition) is 1. The van der Waals surface area contributed by atoms with E-state index in [9.17, 15) is 9.59 Å². The third kappa shape index (κ3) is 3.22. The van der Waals surface area contributed by atoms with E-state index in [1.165, 1.54) is 12.5 Å². The van der Waals surface area contributed by atoms with Gasteiger partial charge < -0.3 is 19.1 Å². The molecule has 4 rings (SSSR count). The molecule has 0 saturated carbocycles. The number of fused-ring (bicyclic) bond motifs is 3. The maximum absolute atomic E-state index is 13.4. The van der Waals surface area contributed by atoms with Gasteiger partial charge in [-0.05, 0) is 38.5 Å². The largest absolute Gasteiger partial charge is 0.464 e. The van der Waals surface area contributed by atoms with Gasteiger partial charge in [0.2, 0.25) is 11.7 Å². The molecule has 0 saturated heterocycles. The number of carbonyl (C=O) groups is 2. The Morgan fingerprint density at radius 1 is 1.04 bits per heavy atom. The van der Waals surface area contributed by atoms with Gasteiger partial charge in [0.25, 0.3) is 5.91 Å². The lowest BCUT2D eigenvalue weighted by atomic mass is 10.0. The van der Waals surface area contributed by atoms with E-state index < -0.39 is 11.6 Å². The Balaban J connectivity index is 1.84. The molecule has 0 spiro atoms. The van der Waals surface area contributed by atoms with Gasteiger partial charge in [-0.15, -0.1) is 0 Å². The average Bonchev–Trinajstić information content (AvgIpc) is 3.27.